The number of nitrogens with one attached hydrogen (secondary N) is 2. The molecular formula is C25H42IN5O. The molecule has 3 unspecified atom stereocenters. The number of benzene rings is 1. The van der Waals surface area contributed by atoms with E-state index in [0.29, 0.717) is 31.1 Å². The first-order valence-corrected chi connectivity index (χ1v) is 12.2. The van der Waals surface area contributed by atoms with Crippen LogP contribution in [0.2, 0.25) is 0 Å². The fraction of sp³-hybridized carbons (Fsp3) is 0.680. The lowest BCUT2D eigenvalue weighted by Crippen LogP contribution is -2.51. The van der Waals surface area contributed by atoms with Crippen LogP contribution in [0.15, 0.2) is 35.3 Å². The van der Waals surface area contributed by atoms with Gasteiger partial charge in [0.2, 0.25) is 5.91 Å². The largest absolute Gasteiger partial charge is 0.357 e. The monoisotopic (exact) mass is 555 g/mol. The maximum absolute atomic E-state index is 12.6. The summed E-state index contributed by atoms with van der Waals surface area (Å²) in [7, 11) is 0. The van der Waals surface area contributed by atoms with Crippen molar-refractivity contribution >= 4 is 35.8 Å². The Morgan fingerprint density at radius 2 is 1.88 bits per heavy atom. The molecule has 2 heterocycles. The van der Waals surface area contributed by atoms with E-state index in [4.69, 9.17) is 4.99 Å². The summed E-state index contributed by atoms with van der Waals surface area (Å²) in [5.41, 5.74) is 1.38. The molecule has 0 aromatic heterocycles. The Kier molecular flexibility index (Phi) is 11.8. The van der Waals surface area contributed by atoms with E-state index in [9.17, 15) is 4.79 Å². The first-order chi connectivity index (χ1) is 15.1. The number of hydrogen-bond acceptors (Lipinski definition) is 3. The van der Waals surface area contributed by atoms with Gasteiger partial charge in [-0.1, -0.05) is 30.3 Å². The highest BCUT2D eigenvalue weighted by molar-refractivity contribution is 14.0. The number of carbonyl (C=O) groups is 1. The van der Waals surface area contributed by atoms with E-state index >= 15 is 0 Å². The van der Waals surface area contributed by atoms with Crippen molar-refractivity contribution in [2.24, 2.45) is 4.99 Å². The van der Waals surface area contributed by atoms with Gasteiger partial charge in [-0.2, -0.15) is 0 Å². The van der Waals surface area contributed by atoms with Crippen molar-refractivity contribution in [3.05, 3.63) is 35.9 Å². The highest BCUT2D eigenvalue weighted by atomic mass is 127. The summed E-state index contributed by atoms with van der Waals surface area (Å²) in [4.78, 5) is 21.9. The molecule has 180 valence electrons. The number of amides is 1. The van der Waals surface area contributed by atoms with Crippen LogP contribution in [0.25, 0.3) is 0 Å². The van der Waals surface area contributed by atoms with E-state index in [0.717, 1.165) is 57.8 Å². The normalized spacial score (nSPS) is 24.5. The fourth-order valence-electron chi connectivity index (χ4n) is 4.79. The maximum Gasteiger partial charge on any atom is 0.224 e. The molecule has 6 nitrogen and oxygen atoms in total. The Hall–Kier alpha value is -1.35. The van der Waals surface area contributed by atoms with Crippen molar-refractivity contribution in [1.82, 2.24) is 20.4 Å². The van der Waals surface area contributed by atoms with Crippen molar-refractivity contribution < 1.29 is 4.79 Å². The number of nitrogens with zero attached hydrogens (tertiary/aromatic N) is 3. The van der Waals surface area contributed by atoms with Gasteiger partial charge in [-0.15, -0.1) is 24.0 Å². The molecule has 0 radical (unpaired) electrons. The zero-order valence-electron chi connectivity index (χ0n) is 20.1. The molecule has 1 aromatic rings. The lowest BCUT2D eigenvalue weighted by atomic mass is 9.97. The lowest BCUT2D eigenvalue weighted by Gasteiger charge is -2.38. The summed E-state index contributed by atoms with van der Waals surface area (Å²) >= 11 is 0. The summed E-state index contributed by atoms with van der Waals surface area (Å²) in [6, 6.07) is 12.0. The average Bonchev–Trinajstić information content (AvgIpc) is 2.77. The van der Waals surface area contributed by atoms with E-state index in [1.54, 1.807) is 0 Å². The summed E-state index contributed by atoms with van der Waals surface area (Å²) in [5.74, 6) is 1.09. The third kappa shape index (κ3) is 8.21. The summed E-state index contributed by atoms with van der Waals surface area (Å²) < 4.78 is 0. The number of likely N-dealkylation sites (tertiary alicyclic amines) is 2. The van der Waals surface area contributed by atoms with Crippen molar-refractivity contribution in [1.29, 1.82) is 0 Å². The van der Waals surface area contributed by atoms with Crippen LogP contribution in [0.3, 0.4) is 0 Å². The third-order valence-corrected chi connectivity index (χ3v) is 6.65. The van der Waals surface area contributed by atoms with Crippen LogP contribution in [-0.4, -0.2) is 66.0 Å². The number of piperidine rings is 2. The number of rotatable bonds is 7. The van der Waals surface area contributed by atoms with Gasteiger partial charge in [-0.25, -0.2) is 0 Å². The Morgan fingerprint density at radius 3 is 2.56 bits per heavy atom. The van der Waals surface area contributed by atoms with E-state index in [1.165, 1.54) is 12.0 Å². The smallest absolute Gasteiger partial charge is 0.224 e. The van der Waals surface area contributed by atoms with E-state index in [2.05, 4.69) is 66.6 Å². The molecule has 2 N–H and O–H groups in total. The van der Waals surface area contributed by atoms with Gasteiger partial charge in [0, 0.05) is 50.7 Å². The van der Waals surface area contributed by atoms with Gasteiger partial charge in [-0.05, 0) is 58.4 Å². The van der Waals surface area contributed by atoms with E-state index < -0.39 is 0 Å². The Morgan fingerprint density at radius 1 is 1.09 bits per heavy atom. The van der Waals surface area contributed by atoms with Crippen LogP contribution in [0.1, 0.15) is 64.9 Å². The van der Waals surface area contributed by atoms with Crippen molar-refractivity contribution in [2.45, 2.75) is 84.0 Å². The molecule has 2 aliphatic rings. The quantitative estimate of drug-likeness (QED) is 0.304. The van der Waals surface area contributed by atoms with Crippen LogP contribution < -0.4 is 10.6 Å². The summed E-state index contributed by atoms with van der Waals surface area (Å²) in [6.45, 7) is 10.9. The molecule has 2 fully saturated rings. The fourth-order valence-corrected chi connectivity index (χ4v) is 4.79. The molecule has 1 amide bonds. The molecule has 2 aliphatic heterocycles. The molecule has 2 saturated heterocycles. The predicted octanol–water partition coefficient (Wildman–Crippen LogP) is 4.00. The first-order valence-electron chi connectivity index (χ1n) is 12.2. The zero-order chi connectivity index (χ0) is 22.1. The van der Waals surface area contributed by atoms with E-state index in [-0.39, 0.29) is 29.9 Å². The molecule has 0 saturated carbocycles. The highest BCUT2D eigenvalue weighted by Crippen LogP contribution is 2.20. The third-order valence-electron chi connectivity index (χ3n) is 6.65. The SMILES string of the molecule is CCNC(=NCCC(=O)N1CCCCC1C)NC1CCN(Cc2ccccc2)C(C)C1.I. The Labute approximate surface area is 211 Å². The van der Waals surface area contributed by atoms with Crippen LogP contribution >= 0.6 is 24.0 Å². The van der Waals surface area contributed by atoms with Gasteiger partial charge in [0.25, 0.3) is 0 Å². The number of guanidine groups is 1. The minimum absolute atomic E-state index is 0. The Balaban J connectivity index is 0.00000363. The molecule has 3 atom stereocenters. The second kappa shape index (κ2) is 14.0. The number of halogens is 1. The molecule has 0 bridgehead atoms. The average molecular weight is 556 g/mol. The number of carbonyl (C=O) groups excluding carboxylic acids is 1. The molecule has 1 aromatic carbocycles. The second-order valence-electron chi connectivity index (χ2n) is 9.11. The van der Waals surface area contributed by atoms with E-state index in [1.807, 2.05) is 4.90 Å². The van der Waals surface area contributed by atoms with Gasteiger partial charge in [0.15, 0.2) is 5.96 Å². The minimum atomic E-state index is 0. The summed E-state index contributed by atoms with van der Waals surface area (Å²) in [5, 5.41) is 6.98. The van der Waals surface area contributed by atoms with Gasteiger partial charge >= 0.3 is 0 Å². The molecule has 0 aliphatic carbocycles. The number of aliphatic imine (C=N–C) groups is 1. The number of hydrogen-bond donors (Lipinski definition) is 2. The van der Waals surface area contributed by atoms with Gasteiger partial charge in [0.05, 0.1) is 6.54 Å². The predicted molar refractivity (Wildman–Crippen MR) is 144 cm³/mol. The molecule has 3 rings (SSSR count). The van der Waals surface area contributed by atoms with Crippen LogP contribution in [-0.2, 0) is 11.3 Å². The first kappa shape index (κ1) is 26.9. The van der Waals surface area contributed by atoms with Gasteiger partial charge < -0.3 is 15.5 Å². The second-order valence-corrected chi connectivity index (χ2v) is 9.11. The molecule has 32 heavy (non-hydrogen) atoms. The Bertz CT molecular complexity index is 714. The van der Waals surface area contributed by atoms with Crippen molar-refractivity contribution in [2.75, 3.05) is 26.2 Å². The minimum Gasteiger partial charge on any atom is -0.357 e. The topological polar surface area (TPSA) is 60.0 Å². The van der Waals surface area contributed by atoms with Crippen LogP contribution in [0.5, 0.6) is 0 Å². The highest BCUT2D eigenvalue weighted by Gasteiger charge is 2.26. The molecular weight excluding hydrogens is 513 g/mol. The zero-order valence-corrected chi connectivity index (χ0v) is 22.4. The van der Waals surface area contributed by atoms with Gasteiger partial charge in [-0.3, -0.25) is 14.7 Å². The standard InChI is InChI=1S/C25H41N5O.HI/c1-4-26-25(27-15-13-24(31)30-16-9-8-10-20(30)2)28-23-14-17-29(21(3)18-23)19-22-11-6-5-7-12-22;/h5-7,11-12,20-21,23H,4,8-10,13-19H2,1-3H3,(H2,26,27,28);1H. The molecule has 7 heteroatoms. The maximum atomic E-state index is 12.6. The van der Waals surface area contributed by atoms with Crippen LogP contribution in [0.4, 0.5) is 0 Å². The molecule has 0 spiro atoms. The lowest BCUT2D eigenvalue weighted by molar-refractivity contribution is -0.134. The van der Waals surface area contributed by atoms with Crippen molar-refractivity contribution in [3.8, 4) is 0 Å². The van der Waals surface area contributed by atoms with Gasteiger partial charge in [0.1, 0.15) is 0 Å². The summed E-state index contributed by atoms with van der Waals surface area (Å²) in [6.07, 6.45) is 6.19. The van der Waals surface area contributed by atoms with Crippen molar-refractivity contribution in [3.63, 3.8) is 0 Å². The van der Waals surface area contributed by atoms with Crippen LogP contribution in [0, 0.1) is 0 Å².